The minimum Gasteiger partial charge on any atom is -0.394 e. The Balaban J connectivity index is 3.03. The van der Waals surface area contributed by atoms with Crippen molar-refractivity contribution < 1.29 is 34.4 Å². The highest BCUT2D eigenvalue weighted by Crippen LogP contribution is 2.55. The van der Waals surface area contributed by atoms with E-state index in [-0.39, 0.29) is 0 Å². The lowest BCUT2D eigenvalue weighted by atomic mass is 10.1. The average molecular weight is 214 g/mol. The van der Waals surface area contributed by atoms with Crippen LogP contribution >= 0.6 is 7.60 Å². The van der Waals surface area contributed by atoms with Gasteiger partial charge in [0.05, 0.1) is 13.2 Å². The van der Waals surface area contributed by atoms with Crippen LogP contribution in [0.15, 0.2) is 0 Å². The third kappa shape index (κ3) is 1.53. The van der Waals surface area contributed by atoms with Crippen LogP contribution in [0.2, 0.25) is 0 Å². The minimum absolute atomic E-state index is 0.410. The standard InChI is InChI=1S/C5H11O7P/c6-1-4-5(8,13(9,10)11)3(7)2-12-4/h3-4,6-8H,1-2H2,(H2,9,10,11)/t3-,4+,5+/m0/s1. The Morgan fingerprint density at radius 2 is 2.08 bits per heavy atom. The normalized spacial score (nSPS) is 41.0. The van der Waals surface area contributed by atoms with Crippen LogP contribution in [-0.2, 0) is 9.30 Å². The fourth-order valence-corrected chi connectivity index (χ4v) is 2.23. The van der Waals surface area contributed by atoms with Gasteiger partial charge in [-0.15, -0.1) is 0 Å². The van der Waals surface area contributed by atoms with Gasteiger partial charge in [-0.2, -0.15) is 0 Å². The van der Waals surface area contributed by atoms with Crippen LogP contribution in [0.3, 0.4) is 0 Å². The smallest absolute Gasteiger partial charge is 0.362 e. The first-order valence-corrected chi connectivity index (χ1v) is 5.13. The molecule has 0 aromatic carbocycles. The van der Waals surface area contributed by atoms with Gasteiger partial charge in [0.25, 0.3) is 0 Å². The van der Waals surface area contributed by atoms with E-state index in [4.69, 9.17) is 20.0 Å². The van der Waals surface area contributed by atoms with Gasteiger partial charge in [0.1, 0.15) is 12.2 Å². The molecule has 0 unspecified atom stereocenters. The summed E-state index contributed by atoms with van der Waals surface area (Å²) in [6.45, 7) is -1.18. The Morgan fingerprint density at radius 1 is 1.54 bits per heavy atom. The van der Waals surface area contributed by atoms with Crippen LogP contribution in [0.25, 0.3) is 0 Å². The molecule has 0 radical (unpaired) electrons. The predicted molar refractivity (Wildman–Crippen MR) is 39.8 cm³/mol. The van der Waals surface area contributed by atoms with Gasteiger partial charge in [0, 0.05) is 0 Å². The molecule has 8 heteroatoms. The van der Waals surface area contributed by atoms with Crippen molar-refractivity contribution in [2.24, 2.45) is 0 Å². The van der Waals surface area contributed by atoms with E-state index in [1.54, 1.807) is 0 Å². The molecule has 0 bridgehead atoms. The molecule has 1 rings (SSSR count). The van der Waals surface area contributed by atoms with Gasteiger partial charge < -0.3 is 29.8 Å². The van der Waals surface area contributed by atoms with Crippen molar-refractivity contribution >= 4 is 7.60 Å². The van der Waals surface area contributed by atoms with Crippen LogP contribution in [0.1, 0.15) is 0 Å². The van der Waals surface area contributed by atoms with Gasteiger partial charge in [0.15, 0.2) is 0 Å². The molecule has 0 amide bonds. The van der Waals surface area contributed by atoms with E-state index in [2.05, 4.69) is 4.74 Å². The number of aliphatic hydroxyl groups excluding tert-OH is 2. The summed E-state index contributed by atoms with van der Waals surface area (Å²) in [4.78, 5) is 17.5. The van der Waals surface area contributed by atoms with Crippen LogP contribution in [0, 0.1) is 0 Å². The van der Waals surface area contributed by atoms with Crippen molar-refractivity contribution in [3.05, 3.63) is 0 Å². The zero-order valence-electron chi connectivity index (χ0n) is 6.57. The molecular weight excluding hydrogens is 203 g/mol. The Morgan fingerprint density at radius 3 is 2.38 bits per heavy atom. The first kappa shape index (κ1) is 11.1. The Hall–Kier alpha value is -0.0100. The van der Waals surface area contributed by atoms with Crippen molar-refractivity contribution in [2.75, 3.05) is 13.2 Å². The SMILES string of the molecule is O=P(O)(O)[C@]1(O)[C@@H](O)CO[C@@H]1CO. The maximum Gasteiger partial charge on any atom is 0.362 e. The number of hydrogen-bond acceptors (Lipinski definition) is 5. The van der Waals surface area contributed by atoms with Gasteiger partial charge in [-0.3, -0.25) is 4.57 Å². The largest absolute Gasteiger partial charge is 0.394 e. The third-order valence-corrected chi connectivity index (χ3v) is 3.57. The molecule has 1 heterocycles. The lowest BCUT2D eigenvalue weighted by Crippen LogP contribution is -2.48. The summed E-state index contributed by atoms with van der Waals surface area (Å²) in [6.07, 6.45) is -3.14. The maximum absolute atomic E-state index is 10.8. The zero-order chi connectivity index (χ0) is 10.3. The van der Waals surface area contributed by atoms with Crippen LogP contribution in [0.4, 0.5) is 0 Å². The van der Waals surface area contributed by atoms with E-state index in [1.807, 2.05) is 0 Å². The third-order valence-electron chi connectivity index (χ3n) is 2.05. The van der Waals surface area contributed by atoms with Crippen molar-refractivity contribution in [1.82, 2.24) is 0 Å². The Bertz CT molecular complexity index is 237. The molecule has 0 aromatic heterocycles. The number of ether oxygens (including phenoxy) is 1. The molecule has 1 saturated heterocycles. The molecule has 78 valence electrons. The van der Waals surface area contributed by atoms with Gasteiger partial charge >= 0.3 is 7.60 Å². The van der Waals surface area contributed by atoms with Gasteiger partial charge in [-0.25, -0.2) is 0 Å². The van der Waals surface area contributed by atoms with Crippen molar-refractivity contribution in [3.8, 4) is 0 Å². The fourth-order valence-electron chi connectivity index (χ4n) is 1.24. The molecule has 0 aromatic rings. The van der Waals surface area contributed by atoms with Crippen LogP contribution in [0.5, 0.6) is 0 Å². The predicted octanol–water partition coefficient (Wildman–Crippen LogP) is -2.40. The second-order valence-electron chi connectivity index (χ2n) is 2.85. The summed E-state index contributed by atoms with van der Waals surface area (Å²) in [6, 6.07) is 0. The van der Waals surface area contributed by atoms with E-state index in [0.717, 1.165) is 0 Å². The van der Waals surface area contributed by atoms with Crippen molar-refractivity contribution in [1.29, 1.82) is 0 Å². The Kier molecular flexibility index (Phi) is 2.80. The minimum atomic E-state index is -4.93. The summed E-state index contributed by atoms with van der Waals surface area (Å²) in [5, 5.41) is 24.5. The van der Waals surface area contributed by atoms with E-state index >= 15 is 0 Å². The molecule has 13 heavy (non-hydrogen) atoms. The van der Waals surface area contributed by atoms with Gasteiger partial charge in [-0.1, -0.05) is 0 Å². The molecule has 1 aliphatic heterocycles. The highest BCUT2D eigenvalue weighted by Gasteiger charge is 2.61. The second-order valence-corrected chi connectivity index (χ2v) is 4.65. The summed E-state index contributed by atoms with van der Waals surface area (Å²) in [7, 11) is -4.93. The van der Waals surface area contributed by atoms with Gasteiger partial charge in [-0.05, 0) is 0 Å². The van der Waals surface area contributed by atoms with Crippen LogP contribution in [-0.4, -0.2) is 55.9 Å². The lowest BCUT2D eigenvalue weighted by Gasteiger charge is -2.29. The Labute approximate surface area is 73.7 Å². The molecule has 1 fully saturated rings. The number of hydrogen-bond donors (Lipinski definition) is 5. The highest BCUT2D eigenvalue weighted by atomic mass is 31.2. The van der Waals surface area contributed by atoms with Crippen LogP contribution < -0.4 is 0 Å². The molecular formula is C5H11O7P. The number of aliphatic hydroxyl groups is 3. The molecule has 0 aliphatic carbocycles. The molecule has 7 nitrogen and oxygen atoms in total. The molecule has 0 spiro atoms. The first-order chi connectivity index (χ1) is 5.84. The lowest BCUT2D eigenvalue weighted by molar-refractivity contribution is -0.0495. The second kappa shape index (κ2) is 3.29. The topological polar surface area (TPSA) is 127 Å². The summed E-state index contributed by atoms with van der Waals surface area (Å²) in [5.74, 6) is 0. The average Bonchev–Trinajstić information content (AvgIpc) is 2.29. The molecule has 5 N–H and O–H groups in total. The fraction of sp³-hybridized carbons (Fsp3) is 1.00. The highest BCUT2D eigenvalue weighted by molar-refractivity contribution is 7.53. The monoisotopic (exact) mass is 214 g/mol. The molecule has 0 saturated carbocycles. The van der Waals surface area contributed by atoms with Gasteiger partial charge in [0.2, 0.25) is 5.34 Å². The zero-order valence-corrected chi connectivity index (χ0v) is 7.46. The molecule has 3 atom stereocenters. The van der Waals surface area contributed by atoms with Crippen molar-refractivity contribution in [3.63, 3.8) is 0 Å². The van der Waals surface area contributed by atoms with E-state index in [9.17, 15) is 9.67 Å². The van der Waals surface area contributed by atoms with E-state index in [0.29, 0.717) is 0 Å². The summed E-state index contributed by atoms with van der Waals surface area (Å²) in [5.41, 5.74) is 0. The number of rotatable bonds is 2. The summed E-state index contributed by atoms with van der Waals surface area (Å²) >= 11 is 0. The maximum atomic E-state index is 10.8. The van der Waals surface area contributed by atoms with E-state index < -0.39 is 38.4 Å². The van der Waals surface area contributed by atoms with Crippen molar-refractivity contribution in [2.45, 2.75) is 17.6 Å². The first-order valence-electron chi connectivity index (χ1n) is 3.52. The molecule has 1 aliphatic rings. The quantitative estimate of drug-likeness (QED) is 0.324. The van der Waals surface area contributed by atoms with E-state index in [1.165, 1.54) is 0 Å². The summed E-state index contributed by atoms with van der Waals surface area (Å²) < 4.78 is 15.4.